The van der Waals surface area contributed by atoms with Gasteiger partial charge in [0.1, 0.15) is 6.10 Å². The lowest BCUT2D eigenvalue weighted by atomic mass is 9.96. The summed E-state index contributed by atoms with van der Waals surface area (Å²) in [5, 5.41) is 0. The number of hydrogen-bond acceptors (Lipinski definition) is 4. The maximum absolute atomic E-state index is 13.5. The van der Waals surface area contributed by atoms with Gasteiger partial charge in [-0.15, -0.1) is 0 Å². The fourth-order valence-electron chi connectivity index (χ4n) is 3.74. The normalized spacial score (nSPS) is 12.2. The first-order valence-corrected chi connectivity index (χ1v) is 10.9. The number of aromatic nitrogens is 1. The molecule has 0 aliphatic heterocycles. The summed E-state index contributed by atoms with van der Waals surface area (Å²) in [5.41, 5.74) is 0.733. The molecule has 0 spiro atoms. The van der Waals surface area contributed by atoms with Crippen molar-refractivity contribution in [3.63, 3.8) is 0 Å². The molecule has 1 unspecified atom stereocenters. The molecule has 3 aromatic rings. The minimum atomic E-state index is -4.58. The number of H-pyrrole nitrogens is 1. The molecule has 1 amide bonds. The number of ether oxygens (including phenoxy) is 1. The van der Waals surface area contributed by atoms with Crippen LogP contribution in [-0.4, -0.2) is 21.8 Å². The average Bonchev–Trinajstić information content (AvgIpc) is 2.78. The van der Waals surface area contributed by atoms with E-state index in [0.29, 0.717) is 11.1 Å². The monoisotopic (exact) mass is 486 g/mol. The average molecular weight is 486 g/mol. The molecule has 2 aromatic carbocycles. The van der Waals surface area contributed by atoms with Crippen LogP contribution < -0.4 is 5.56 Å². The number of aromatic amines is 1. The van der Waals surface area contributed by atoms with Crippen LogP contribution in [0.1, 0.15) is 49.1 Å². The highest BCUT2D eigenvalue weighted by Gasteiger charge is 2.31. The summed E-state index contributed by atoms with van der Waals surface area (Å²) in [5.74, 6) is -0.876. The zero-order chi connectivity index (χ0) is 25.8. The molecule has 3 rings (SSSR count). The second-order valence-corrected chi connectivity index (χ2v) is 8.15. The zero-order valence-corrected chi connectivity index (χ0v) is 19.5. The van der Waals surface area contributed by atoms with E-state index < -0.39 is 29.4 Å². The molecule has 1 heterocycles. The zero-order valence-electron chi connectivity index (χ0n) is 19.5. The predicted octanol–water partition coefficient (Wildman–Crippen LogP) is 5.23. The van der Waals surface area contributed by atoms with Gasteiger partial charge in [-0.25, -0.2) is 0 Å². The number of nitrogens with zero attached hydrogens (tertiary/aromatic N) is 1. The minimum Gasteiger partial charge on any atom is -0.458 e. The van der Waals surface area contributed by atoms with E-state index in [1.165, 1.54) is 44.0 Å². The van der Waals surface area contributed by atoms with Crippen LogP contribution >= 0.6 is 0 Å². The SMILES string of the molecule is CC(=O)OC(C)c1cc(-c2ccc(C(F)(F)F)cc2CN(Cc2ccccc2)C(C)=O)c[nH]c1=O. The lowest BCUT2D eigenvalue weighted by molar-refractivity contribution is -0.146. The van der Waals surface area contributed by atoms with E-state index in [4.69, 9.17) is 4.74 Å². The molecule has 1 aromatic heterocycles. The van der Waals surface area contributed by atoms with Gasteiger partial charge in [0.2, 0.25) is 5.91 Å². The predicted molar refractivity (Wildman–Crippen MR) is 124 cm³/mol. The Hall–Kier alpha value is -3.88. The number of hydrogen-bond donors (Lipinski definition) is 1. The third-order valence-corrected chi connectivity index (χ3v) is 5.48. The van der Waals surface area contributed by atoms with Crippen molar-refractivity contribution in [3.8, 4) is 11.1 Å². The Balaban J connectivity index is 2.08. The van der Waals surface area contributed by atoms with Crippen LogP contribution in [0, 0.1) is 0 Å². The first-order valence-electron chi connectivity index (χ1n) is 10.9. The second kappa shape index (κ2) is 10.6. The number of pyridine rings is 1. The van der Waals surface area contributed by atoms with Crippen molar-refractivity contribution in [2.75, 3.05) is 0 Å². The highest BCUT2D eigenvalue weighted by atomic mass is 19.4. The van der Waals surface area contributed by atoms with Gasteiger partial charge in [-0.3, -0.25) is 14.4 Å². The summed E-state index contributed by atoms with van der Waals surface area (Å²) in [4.78, 5) is 40.0. The van der Waals surface area contributed by atoms with Crippen molar-refractivity contribution in [2.45, 2.75) is 46.1 Å². The Morgan fingerprint density at radius 3 is 2.31 bits per heavy atom. The van der Waals surface area contributed by atoms with E-state index in [1.807, 2.05) is 30.3 Å². The Labute approximate surface area is 200 Å². The van der Waals surface area contributed by atoms with Crippen molar-refractivity contribution in [3.05, 3.63) is 93.4 Å². The maximum Gasteiger partial charge on any atom is 0.416 e. The number of halogens is 3. The number of benzene rings is 2. The van der Waals surface area contributed by atoms with Crippen molar-refractivity contribution in [2.24, 2.45) is 0 Å². The van der Waals surface area contributed by atoms with Gasteiger partial charge in [0, 0.05) is 33.1 Å². The number of nitrogens with one attached hydrogen (secondary N) is 1. The third kappa shape index (κ3) is 6.59. The van der Waals surface area contributed by atoms with Gasteiger partial charge in [0.05, 0.1) is 11.1 Å². The smallest absolute Gasteiger partial charge is 0.416 e. The van der Waals surface area contributed by atoms with Crippen LogP contribution in [0.5, 0.6) is 0 Å². The van der Waals surface area contributed by atoms with Gasteiger partial charge in [0.25, 0.3) is 5.56 Å². The number of esters is 1. The molecule has 9 heteroatoms. The van der Waals surface area contributed by atoms with Crippen molar-refractivity contribution in [1.29, 1.82) is 0 Å². The third-order valence-electron chi connectivity index (χ3n) is 5.48. The van der Waals surface area contributed by atoms with Crippen LogP contribution in [-0.2, 0) is 33.6 Å². The summed E-state index contributed by atoms with van der Waals surface area (Å²) >= 11 is 0. The van der Waals surface area contributed by atoms with Gasteiger partial charge < -0.3 is 14.6 Å². The molecule has 0 aliphatic rings. The van der Waals surface area contributed by atoms with Gasteiger partial charge in [-0.2, -0.15) is 13.2 Å². The van der Waals surface area contributed by atoms with E-state index in [-0.39, 0.29) is 30.1 Å². The van der Waals surface area contributed by atoms with E-state index in [9.17, 15) is 27.6 Å². The number of amides is 1. The van der Waals surface area contributed by atoms with Crippen LogP contribution in [0.25, 0.3) is 11.1 Å². The summed E-state index contributed by atoms with van der Waals surface area (Å²) < 4.78 is 45.6. The number of carbonyl (C=O) groups excluding carboxylic acids is 2. The second-order valence-electron chi connectivity index (χ2n) is 8.15. The van der Waals surface area contributed by atoms with Crippen LogP contribution in [0.2, 0.25) is 0 Å². The van der Waals surface area contributed by atoms with Gasteiger partial charge in [-0.1, -0.05) is 36.4 Å². The summed E-state index contributed by atoms with van der Waals surface area (Å²) in [7, 11) is 0. The van der Waals surface area contributed by atoms with Crippen molar-refractivity contribution >= 4 is 11.9 Å². The highest BCUT2D eigenvalue weighted by Crippen LogP contribution is 2.34. The molecule has 0 radical (unpaired) electrons. The van der Waals surface area contributed by atoms with Crippen LogP contribution in [0.4, 0.5) is 13.2 Å². The van der Waals surface area contributed by atoms with E-state index in [2.05, 4.69) is 4.98 Å². The number of rotatable bonds is 7. The van der Waals surface area contributed by atoms with Crippen LogP contribution in [0.3, 0.4) is 0 Å². The molecule has 184 valence electrons. The molecule has 0 aliphatic carbocycles. The fraction of sp³-hybridized carbons (Fsp3) is 0.269. The molecule has 1 atom stereocenters. The number of carbonyl (C=O) groups is 2. The Bertz CT molecular complexity index is 1270. The fourth-order valence-corrected chi connectivity index (χ4v) is 3.74. The molecule has 0 bridgehead atoms. The van der Waals surface area contributed by atoms with Gasteiger partial charge in [0.15, 0.2) is 0 Å². The molecule has 6 nitrogen and oxygen atoms in total. The van der Waals surface area contributed by atoms with E-state index in [1.54, 1.807) is 0 Å². The molecule has 0 fully saturated rings. The van der Waals surface area contributed by atoms with Gasteiger partial charge in [-0.05, 0) is 47.4 Å². The Morgan fingerprint density at radius 2 is 1.71 bits per heavy atom. The first kappa shape index (κ1) is 25.7. The van der Waals surface area contributed by atoms with Gasteiger partial charge >= 0.3 is 12.1 Å². The van der Waals surface area contributed by atoms with Crippen molar-refractivity contribution < 1.29 is 27.5 Å². The topological polar surface area (TPSA) is 79.5 Å². The number of alkyl halides is 3. The lowest BCUT2D eigenvalue weighted by Gasteiger charge is -2.24. The Morgan fingerprint density at radius 1 is 1.03 bits per heavy atom. The highest BCUT2D eigenvalue weighted by molar-refractivity contribution is 5.74. The maximum atomic E-state index is 13.5. The van der Waals surface area contributed by atoms with Crippen LogP contribution in [0.15, 0.2) is 65.6 Å². The van der Waals surface area contributed by atoms with Crippen molar-refractivity contribution in [1.82, 2.24) is 9.88 Å². The quantitative estimate of drug-likeness (QED) is 0.464. The summed E-state index contributed by atoms with van der Waals surface area (Å²) in [6.45, 7) is 4.23. The van der Waals surface area contributed by atoms with E-state index >= 15 is 0 Å². The Kier molecular flexibility index (Phi) is 7.78. The van der Waals surface area contributed by atoms with E-state index in [0.717, 1.165) is 17.7 Å². The summed E-state index contributed by atoms with van der Waals surface area (Å²) in [6.07, 6.45) is -4.05. The first-order chi connectivity index (χ1) is 16.5. The summed E-state index contributed by atoms with van der Waals surface area (Å²) in [6, 6.07) is 13.9. The minimum absolute atomic E-state index is 0.0859. The molecular weight excluding hydrogens is 461 g/mol. The standard InChI is InChI=1S/C26H25F3N2O4/c1-16(35-18(3)33)24-12-20(13-30-25(24)34)23-10-9-22(26(27,28)29)11-21(23)15-31(17(2)32)14-19-7-5-4-6-8-19/h4-13,16H,14-15H2,1-3H3,(H,30,34). The molecule has 35 heavy (non-hydrogen) atoms. The molecule has 0 saturated heterocycles. The molecule has 0 saturated carbocycles. The lowest BCUT2D eigenvalue weighted by Crippen LogP contribution is -2.28. The largest absolute Gasteiger partial charge is 0.458 e. The molecule has 1 N–H and O–H groups in total. The molecular formula is C26H25F3N2O4.